The summed E-state index contributed by atoms with van der Waals surface area (Å²) >= 11 is 0. The SMILES string of the molecule is CC1(CNCC(C)(N)c2ccccc2)CC1. The molecule has 1 unspecified atom stereocenters. The lowest BCUT2D eigenvalue weighted by atomic mass is 9.93. The van der Waals surface area contributed by atoms with Crippen molar-refractivity contribution >= 4 is 0 Å². The quantitative estimate of drug-likeness (QED) is 0.795. The molecule has 1 atom stereocenters. The number of nitrogens with two attached hydrogens (primary N) is 1. The van der Waals surface area contributed by atoms with E-state index in [1.807, 2.05) is 18.2 Å². The topological polar surface area (TPSA) is 38.0 Å². The molecule has 3 N–H and O–H groups in total. The maximum Gasteiger partial charge on any atom is 0.0507 e. The monoisotopic (exact) mass is 218 g/mol. The highest BCUT2D eigenvalue weighted by molar-refractivity contribution is 5.23. The van der Waals surface area contributed by atoms with E-state index in [0.717, 1.165) is 13.1 Å². The Labute approximate surface area is 98.2 Å². The van der Waals surface area contributed by atoms with E-state index in [0.29, 0.717) is 5.41 Å². The molecule has 16 heavy (non-hydrogen) atoms. The Balaban J connectivity index is 1.87. The zero-order valence-electron chi connectivity index (χ0n) is 10.3. The second-order valence-electron chi connectivity index (χ2n) is 5.70. The van der Waals surface area contributed by atoms with E-state index in [2.05, 4.69) is 31.3 Å². The van der Waals surface area contributed by atoms with Crippen molar-refractivity contribution in [2.24, 2.45) is 11.1 Å². The summed E-state index contributed by atoms with van der Waals surface area (Å²) in [6, 6.07) is 10.3. The van der Waals surface area contributed by atoms with Gasteiger partial charge >= 0.3 is 0 Å². The van der Waals surface area contributed by atoms with Crippen LogP contribution in [0.4, 0.5) is 0 Å². The zero-order valence-corrected chi connectivity index (χ0v) is 10.3. The van der Waals surface area contributed by atoms with Crippen molar-refractivity contribution in [2.75, 3.05) is 13.1 Å². The van der Waals surface area contributed by atoms with Gasteiger partial charge < -0.3 is 11.1 Å². The van der Waals surface area contributed by atoms with Crippen molar-refractivity contribution in [3.05, 3.63) is 35.9 Å². The highest BCUT2D eigenvalue weighted by atomic mass is 14.9. The van der Waals surface area contributed by atoms with Crippen molar-refractivity contribution in [1.82, 2.24) is 5.32 Å². The molecule has 0 heterocycles. The fraction of sp³-hybridized carbons (Fsp3) is 0.571. The van der Waals surface area contributed by atoms with Crippen LogP contribution >= 0.6 is 0 Å². The van der Waals surface area contributed by atoms with E-state index in [9.17, 15) is 0 Å². The molecule has 0 bridgehead atoms. The summed E-state index contributed by atoms with van der Waals surface area (Å²) in [7, 11) is 0. The average Bonchev–Trinajstić information content (AvgIpc) is 2.98. The third-order valence-electron chi connectivity index (χ3n) is 3.58. The van der Waals surface area contributed by atoms with Gasteiger partial charge in [0.2, 0.25) is 0 Å². The van der Waals surface area contributed by atoms with Gasteiger partial charge in [-0.15, -0.1) is 0 Å². The largest absolute Gasteiger partial charge is 0.321 e. The molecule has 1 aliphatic carbocycles. The van der Waals surface area contributed by atoms with Crippen molar-refractivity contribution in [3.63, 3.8) is 0 Å². The molecule has 1 aromatic carbocycles. The van der Waals surface area contributed by atoms with Crippen LogP contribution in [0.2, 0.25) is 0 Å². The van der Waals surface area contributed by atoms with Gasteiger partial charge in [0.05, 0.1) is 5.54 Å². The molecule has 2 heteroatoms. The van der Waals surface area contributed by atoms with Crippen LogP contribution in [-0.4, -0.2) is 13.1 Å². The van der Waals surface area contributed by atoms with E-state index in [-0.39, 0.29) is 5.54 Å². The van der Waals surface area contributed by atoms with E-state index < -0.39 is 0 Å². The van der Waals surface area contributed by atoms with Gasteiger partial charge in [-0.2, -0.15) is 0 Å². The molecule has 0 aromatic heterocycles. The first-order valence-corrected chi connectivity index (χ1v) is 6.07. The second-order valence-corrected chi connectivity index (χ2v) is 5.70. The van der Waals surface area contributed by atoms with E-state index in [1.165, 1.54) is 18.4 Å². The first-order chi connectivity index (χ1) is 7.52. The molecular weight excluding hydrogens is 196 g/mol. The first-order valence-electron chi connectivity index (χ1n) is 6.07. The van der Waals surface area contributed by atoms with Crippen LogP contribution < -0.4 is 11.1 Å². The van der Waals surface area contributed by atoms with E-state index >= 15 is 0 Å². The van der Waals surface area contributed by atoms with Gasteiger partial charge in [0, 0.05) is 13.1 Å². The van der Waals surface area contributed by atoms with E-state index in [1.54, 1.807) is 0 Å². The molecule has 88 valence electrons. The van der Waals surface area contributed by atoms with E-state index in [4.69, 9.17) is 5.73 Å². The van der Waals surface area contributed by atoms with Crippen LogP contribution in [0, 0.1) is 5.41 Å². The van der Waals surface area contributed by atoms with Crippen molar-refractivity contribution in [1.29, 1.82) is 0 Å². The summed E-state index contributed by atoms with van der Waals surface area (Å²) in [5, 5.41) is 3.50. The lowest BCUT2D eigenvalue weighted by molar-refractivity contribution is 0.409. The van der Waals surface area contributed by atoms with Gasteiger partial charge in [0.15, 0.2) is 0 Å². The Bertz CT molecular complexity index is 339. The summed E-state index contributed by atoms with van der Waals surface area (Å²) in [5.41, 5.74) is 7.80. The van der Waals surface area contributed by atoms with Gasteiger partial charge in [0.1, 0.15) is 0 Å². The summed E-state index contributed by atoms with van der Waals surface area (Å²) in [6.45, 7) is 6.35. The maximum absolute atomic E-state index is 6.33. The summed E-state index contributed by atoms with van der Waals surface area (Å²) < 4.78 is 0. The van der Waals surface area contributed by atoms with Crippen LogP contribution in [-0.2, 0) is 5.54 Å². The predicted octanol–water partition coefficient (Wildman–Crippen LogP) is 2.25. The lowest BCUT2D eigenvalue weighted by Crippen LogP contribution is -2.44. The fourth-order valence-corrected chi connectivity index (χ4v) is 1.94. The van der Waals surface area contributed by atoms with Crippen molar-refractivity contribution in [3.8, 4) is 0 Å². The minimum atomic E-state index is -0.271. The summed E-state index contributed by atoms with van der Waals surface area (Å²) in [4.78, 5) is 0. The Morgan fingerprint density at radius 2 is 1.94 bits per heavy atom. The number of nitrogens with one attached hydrogen (secondary N) is 1. The minimum Gasteiger partial charge on any atom is -0.321 e. The van der Waals surface area contributed by atoms with Crippen LogP contribution in [0.3, 0.4) is 0 Å². The Morgan fingerprint density at radius 3 is 2.50 bits per heavy atom. The van der Waals surface area contributed by atoms with Crippen LogP contribution in [0.1, 0.15) is 32.3 Å². The number of hydrogen-bond donors (Lipinski definition) is 2. The zero-order chi connectivity index (χ0) is 11.6. The predicted molar refractivity (Wildman–Crippen MR) is 68.2 cm³/mol. The molecule has 1 aliphatic rings. The standard InChI is InChI=1S/C14H22N2/c1-13(8-9-13)10-16-11-14(2,15)12-6-4-3-5-7-12/h3-7,16H,8-11,15H2,1-2H3. The molecule has 2 rings (SSSR count). The van der Waals surface area contributed by atoms with Gasteiger partial charge in [-0.1, -0.05) is 37.3 Å². The van der Waals surface area contributed by atoms with Crippen LogP contribution in [0.15, 0.2) is 30.3 Å². The minimum absolute atomic E-state index is 0.271. The molecule has 2 nitrogen and oxygen atoms in total. The number of rotatable bonds is 5. The summed E-state index contributed by atoms with van der Waals surface area (Å²) in [6.07, 6.45) is 2.71. The molecule has 1 aromatic rings. The second kappa shape index (κ2) is 4.19. The highest BCUT2D eigenvalue weighted by Crippen LogP contribution is 2.44. The molecule has 0 aliphatic heterocycles. The van der Waals surface area contributed by atoms with Crippen LogP contribution in [0.5, 0.6) is 0 Å². The Hall–Kier alpha value is -0.860. The molecular formula is C14H22N2. The van der Waals surface area contributed by atoms with Gasteiger partial charge in [-0.3, -0.25) is 0 Å². The molecule has 1 saturated carbocycles. The summed E-state index contributed by atoms with van der Waals surface area (Å²) in [5.74, 6) is 0. The molecule has 0 radical (unpaired) electrons. The molecule has 0 spiro atoms. The van der Waals surface area contributed by atoms with Crippen LogP contribution in [0.25, 0.3) is 0 Å². The molecule has 0 saturated heterocycles. The van der Waals surface area contributed by atoms with Crippen molar-refractivity contribution < 1.29 is 0 Å². The Morgan fingerprint density at radius 1 is 1.31 bits per heavy atom. The lowest BCUT2D eigenvalue weighted by Gasteiger charge is -2.26. The third kappa shape index (κ3) is 2.83. The number of benzene rings is 1. The van der Waals surface area contributed by atoms with Gasteiger partial charge in [-0.25, -0.2) is 0 Å². The first kappa shape index (κ1) is 11.6. The maximum atomic E-state index is 6.33. The third-order valence-corrected chi connectivity index (χ3v) is 3.58. The fourth-order valence-electron chi connectivity index (χ4n) is 1.94. The van der Waals surface area contributed by atoms with Gasteiger partial charge in [-0.05, 0) is 30.7 Å². The molecule has 1 fully saturated rings. The van der Waals surface area contributed by atoms with Gasteiger partial charge in [0.25, 0.3) is 0 Å². The Kier molecular flexibility index (Phi) is 3.04. The normalized spacial score (nSPS) is 21.4. The highest BCUT2D eigenvalue weighted by Gasteiger charge is 2.37. The smallest absolute Gasteiger partial charge is 0.0507 e. The average molecular weight is 218 g/mol. The number of hydrogen-bond acceptors (Lipinski definition) is 2. The molecule has 0 amide bonds. The van der Waals surface area contributed by atoms with Crippen molar-refractivity contribution in [2.45, 2.75) is 32.2 Å².